The van der Waals surface area contributed by atoms with Gasteiger partial charge in [-0.15, -0.1) is 0 Å². The standard InChI is InChI=1S/C24H33NO4/c1-2-3-4-5-6-7-8-9-17-29-24(28)19-13-15-20(16-14-19)25-18-21-22(26)11-10-12-23(21)27/h13-16,18,26H,2-12,17H2,1H3. The van der Waals surface area contributed by atoms with Crippen LogP contribution in [-0.4, -0.2) is 29.7 Å². The zero-order chi connectivity index (χ0) is 20.9. The van der Waals surface area contributed by atoms with Crippen LogP contribution in [0.4, 0.5) is 5.69 Å². The summed E-state index contributed by atoms with van der Waals surface area (Å²) in [5, 5.41) is 9.83. The molecule has 0 aromatic heterocycles. The molecule has 158 valence electrons. The largest absolute Gasteiger partial charge is 0.512 e. The van der Waals surface area contributed by atoms with Crippen LogP contribution < -0.4 is 0 Å². The molecule has 0 radical (unpaired) electrons. The number of Topliss-reactive ketones (excluding diaryl/α,β-unsaturated/α-hetero) is 1. The van der Waals surface area contributed by atoms with Gasteiger partial charge in [0, 0.05) is 19.1 Å². The molecule has 5 nitrogen and oxygen atoms in total. The number of hydrogen-bond donors (Lipinski definition) is 1. The Balaban J connectivity index is 1.70. The number of carbonyl (C=O) groups is 2. The van der Waals surface area contributed by atoms with E-state index in [1.54, 1.807) is 24.3 Å². The van der Waals surface area contributed by atoms with Crippen LogP contribution in [0.5, 0.6) is 0 Å². The number of ketones is 1. The molecule has 0 unspecified atom stereocenters. The number of aliphatic imine (C=N–C) groups is 1. The van der Waals surface area contributed by atoms with Crippen LogP contribution in [0.3, 0.4) is 0 Å². The molecule has 0 spiro atoms. The maximum Gasteiger partial charge on any atom is 0.338 e. The normalized spacial score (nSPS) is 14.6. The Kier molecular flexibility index (Phi) is 10.2. The maximum atomic E-state index is 12.1. The van der Waals surface area contributed by atoms with Crippen LogP contribution in [0, 0.1) is 0 Å². The van der Waals surface area contributed by atoms with Gasteiger partial charge in [0.1, 0.15) is 5.76 Å². The molecule has 0 saturated heterocycles. The topological polar surface area (TPSA) is 76.0 Å². The molecule has 5 heteroatoms. The Morgan fingerprint density at radius 3 is 2.34 bits per heavy atom. The molecule has 1 N–H and O–H groups in total. The zero-order valence-electron chi connectivity index (χ0n) is 17.5. The number of aliphatic hydroxyl groups is 1. The van der Waals surface area contributed by atoms with Crippen molar-refractivity contribution in [3.63, 3.8) is 0 Å². The zero-order valence-corrected chi connectivity index (χ0v) is 17.5. The number of nitrogens with zero attached hydrogens (tertiary/aromatic N) is 1. The van der Waals surface area contributed by atoms with Crippen molar-refractivity contribution in [2.45, 2.75) is 77.6 Å². The van der Waals surface area contributed by atoms with Gasteiger partial charge in [-0.05, 0) is 37.1 Å². The molecule has 0 atom stereocenters. The number of unbranched alkanes of at least 4 members (excludes halogenated alkanes) is 7. The van der Waals surface area contributed by atoms with E-state index in [-0.39, 0.29) is 23.1 Å². The maximum absolute atomic E-state index is 12.1. The number of rotatable bonds is 12. The predicted octanol–water partition coefficient (Wildman–Crippen LogP) is 6.25. The third kappa shape index (κ3) is 8.22. The molecule has 0 bridgehead atoms. The van der Waals surface area contributed by atoms with Crippen molar-refractivity contribution in [1.29, 1.82) is 0 Å². The number of aliphatic hydroxyl groups excluding tert-OH is 1. The van der Waals surface area contributed by atoms with Crippen molar-refractivity contribution in [3.8, 4) is 0 Å². The smallest absolute Gasteiger partial charge is 0.338 e. The van der Waals surface area contributed by atoms with Gasteiger partial charge < -0.3 is 9.84 Å². The predicted molar refractivity (Wildman–Crippen MR) is 116 cm³/mol. The summed E-state index contributed by atoms with van der Waals surface area (Å²) in [5.41, 5.74) is 1.38. The van der Waals surface area contributed by atoms with Crippen molar-refractivity contribution in [2.75, 3.05) is 6.61 Å². The number of allylic oxidation sites excluding steroid dienone is 2. The number of esters is 1. The van der Waals surface area contributed by atoms with E-state index in [4.69, 9.17) is 4.74 Å². The van der Waals surface area contributed by atoms with E-state index in [0.29, 0.717) is 37.1 Å². The molecular formula is C24H33NO4. The van der Waals surface area contributed by atoms with E-state index in [9.17, 15) is 14.7 Å². The van der Waals surface area contributed by atoms with Gasteiger partial charge in [-0.1, -0.05) is 51.9 Å². The summed E-state index contributed by atoms with van der Waals surface area (Å²) in [7, 11) is 0. The van der Waals surface area contributed by atoms with Crippen LogP contribution in [-0.2, 0) is 9.53 Å². The van der Waals surface area contributed by atoms with Crippen LogP contribution in [0.25, 0.3) is 0 Å². The van der Waals surface area contributed by atoms with E-state index in [1.165, 1.54) is 44.7 Å². The molecule has 0 heterocycles. The lowest BCUT2D eigenvalue weighted by atomic mass is 9.97. The van der Waals surface area contributed by atoms with E-state index in [0.717, 1.165) is 12.8 Å². The van der Waals surface area contributed by atoms with Gasteiger partial charge in [-0.25, -0.2) is 4.79 Å². The minimum atomic E-state index is -0.328. The van der Waals surface area contributed by atoms with E-state index in [2.05, 4.69) is 11.9 Å². The number of benzene rings is 1. The van der Waals surface area contributed by atoms with E-state index >= 15 is 0 Å². The molecule has 0 saturated carbocycles. The summed E-state index contributed by atoms with van der Waals surface area (Å²) in [5.74, 6) is -0.309. The summed E-state index contributed by atoms with van der Waals surface area (Å²) >= 11 is 0. The van der Waals surface area contributed by atoms with Gasteiger partial charge in [-0.2, -0.15) is 0 Å². The van der Waals surface area contributed by atoms with Crippen molar-refractivity contribution in [3.05, 3.63) is 41.2 Å². The van der Waals surface area contributed by atoms with Gasteiger partial charge in [0.2, 0.25) is 0 Å². The molecule has 0 aliphatic heterocycles. The highest BCUT2D eigenvalue weighted by Crippen LogP contribution is 2.20. The number of hydrogen-bond acceptors (Lipinski definition) is 5. The van der Waals surface area contributed by atoms with Gasteiger partial charge in [-0.3, -0.25) is 9.79 Å². The molecule has 1 aromatic rings. The van der Waals surface area contributed by atoms with Crippen molar-refractivity contribution < 1.29 is 19.4 Å². The molecule has 2 rings (SSSR count). The first-order valence-electron chi connectivity index (χ1n) is 10.9. The lowest BCUT2D eigenvalue weighted by molar-refractivity contribution is -0.115. The minimum Gasteiger partial charge on any atom is -0.512 e. The summed E-state index contributed by atoms with van der Waals surface area (Å²) in [6.45, 7) is 2.67. The quantitative estimate of drug-likeness (QED) is 0.256. The Morgan fingerprint density at radius 2 is 1.69 bits per heavy atom. The minimum absolute atomic E-state index is 0.0846. The molecular weight excluding hydrogens is 366 g/mol. The fourth-order valence-corrected chi connectivity index (χ4v) is 3.30. The lowest BCUT2D eigenvalue weighted by Crippen LogP contribution is -2.12. The van der Waals surface area contributed by atoms with Crippen LogP contribution in [0.2, 0.25) is 0 Å². The Bertz CT molecular complexity index is 719. The van der Waals surface area contributed by atoms with Crippen LogP contribution >= 0.6 is 0 Å². The first-order valence-corrected chi connectivity index (χ1v) is 10.9. The highest BCUT2D eigenvalue weighted by molar-refractivity contribution is 6.14. The summed E-state index contributed by atoms with van der Waals surface area (Å²) < 4.78 is 5.33. The Labute approximate surface area is 173 Å². The summed E-state index contributed by atoms with van der Waals surface area (Å²) in [4.78, 5) is 28.2. The second-order valence-electron chi connectivity index (χ2n) is 7.55. The SMILES string of the molecule is CCCCCCCCCCOC(=O)c1ccc(N=CC2=C(O)CCCC2=O)cc1. The molecule has 0 fully saturated rings. The van der Waals surface area contributed by atoms with Gasteiger partial charge in [0.25, 0.3) is 0 Å². The third-order valence-electron chi connectivity index (χ3n) is 5.11. The van der Waals surface area contributed by atoms with Gasteiger partial charge in [0.15, 0.2) is 5.78 Å². The molecule has 1 aliphatic carbocycles. The molecule has 1 aliphatic rings. The molecule has 29 heavy (non-hydrogen) atoms. The third-order valence-corrected chi connectivity index (χ3v) is 5.11. The summed E-state index contributed by atoms with van der Waals surface area (Å²) in [6.07, 6.45) is 12.7. The van der Waals surface area contributed by atoms with Crippen molar-refractivity contribution in [1.82, 2.24) is 0 Å². The highest BCUT2D eigenvalue weighted by atomic mass is 16.5. The van der Waals surface area contributed by atoms with Gasteiger partial charge in [0.05, 0.1) is 23.4 Å². The lowest BCUT2D eigenvalue weighted by Gasteiger charge is -2.11. The van der Waals surface area contributed by atoms with E-state index in [1.807, 2.05) is 0 Å². The van der Waals surface area contributed by atoms with Crippen molar-refractivity contribution in [2.24, 2.45) is 4.99 Å². The van der Waals surface area contributed by atoms with Gasteiger partial charge >= 0.3 is 5.97 Å². The summed E-state index contributed by atoms with van der Waals surface area (Å²) in [6, 6.07) is 6.74. The highest BCUT2D eigenvalue weighted by Gasteiger charge is 2.18. The molecule has 1 aromatic carbocycles. The number of carbonyl (C=O) groups excluding carboxylic acids is 2. The van der Waals surface area contributed by atoms with E-state index < -0.39 is 0 Å². The molecule has 0 amide bonds. The van der Waals surface area contributed by atoms with Crippen LogP contribution in [0.1, 0.15) is 87.9 Å². The first kappa shape index (κ1) is 22.9. The monoisotopic (exact) mass is 399 g/mol. The van der Waals surface area contributed by atoms with Crippen LogP contribution in [0.15, 0.2) is 40.6 Å². The fourth-order valence-electron chi connectivity index (χ4n) is 3.30. The second-order valence-corrected chi connectivity index (χ2v) is 7.55. The number of ether oxygens (including phenoxy) is 1. The first-order chi connectivity index (χ1) is 14.1. The Hall–Kier alpha value is -2.43. The fraction of sp³-hybridized carbons (Fsp3) is 0.542. The second kappa shape index (κ2) is 12.9. The average Bonchev–Trinajstić information content (AvgIpc) is 2.72. The average molecular weight is 400 g/mol. The Morgan fingerprint density at radius 1 is 1.03 bits per heavy atom. The van der Waals surface area contributed by atoms with Crippen molar-refractivity contribution >= 4 is 23.7 Å².